The van der Waals surface area contributed by atoms with Crippen molar-refractivity contribution in [3.8, 4) is 5.75 Å². The molecule has 1 aromatic heterocycles. The summed E-state index contributed by atoms with van der Waals surface area (Å²) in [5, 5.41) is 0. The summed E-state index contributed by atoms with van der Waals surface area (Å²) in [5.74, 6) is -0.112. The van der Waals surface area contributed by atoms with E-state index in [1.807, 2.05) is 51.1 Å². The van der Waals surface area contributed by atoms with Crippen LogP contribution in [0.1, 0.15) is 54.4 Å². The fourth-order valence-electron chi connectivity index (χ4n) is 4.17. The third-order valence-corrected chi connectivity index (χ3v) is 6.63. The maximum absolute atomic E-state index is 13.3. The third-order valence-electron chi connectivity index (χ3n) is 6.63. The van der Waals surface area contributed by atoms with Crippen LogP contribution in [0.15, 0.2) is 66.9 Å². The number of hydrogen-bond donors (Lipinski definition) is 0. The van der Waals surface area contributed by atoms with Crippen LogP contribution in [0.2, 0.25) is 0 Å². The normalized spacial score (nSPS) is 18.9. The molecule has 6 nitrogen and oxygen atoms in total. The molecule has 3 aromatic rings. The van der Waals surface area contributed by atoms with E-state index in [1.165, 1.54) is 19.4 Å². The van der Waals surface area contributed by atoms with Gasteiger partial charge in [0.2, 0.25) is 0 Å². The third kappa shape index (κ3) is 5.27. The number of benzene rings is 2. The van der Waals surface area contributed by atoms with E-state index in [2.05, 4.69) is 4.98 Å². The fraction of sp³-hybridized carbons (Fsp3) is 0.333. The van der Waals surface area contributed by atoms with Gasteiger partial charge in [0.15, 0.2) is 0 Å². The quantitative estimate of drug-likeness (QED) is 0.327. The Morgan fingerprint density at radius 2 is 1.75 bits per heavy atom. The standard InChI is InChI=1S/C27H28BF2NO5/c1-26(2)27(3,15-19-14-22(24(29)30)31-16-23(19)33-4)36-28(35-26)21-13-9-8-12-20(21)25(32)34-17-18-10-6-5-7-11-18/h5-14,16,24H,15,17H2,1-4H3. The highest BCUT2D eigenvalue weighted by Crippen LogP contribution is 2.41. The molecular weight excluding hydrogens is 467 g/mol. The highest BCUT2D eigenvalue weighted by molar-refractivity contribution is 6.63. The number of nitrogens with zero attached hydrogens (tertiary/aromatic N) is 1. The van der Waals surface area contributed by atoms with Crippen molar-refractivity contribution in [3.05, 3.63) is 89.2 Å². The van der Waals surface area contributed by atoms with Crippen LogP contribution in [0.3, 0.4) is 0 Å². The van der Waals surface area contributed by atoms with Gasteiger partial charge in [0.05, 0.1) is 30.1 Å². The summed E-state index contributed by atoms with van der Waals surface area (Å²) in [6.07, 6.45) is -1.20. The molecule has 1 atom stereocenters. The minimum Gasteiger partial charge on any atom is -0.495 e. The summed E-state index contributed by atoms with van der Waals surface area (Å²) < 4.78 is 50.2. The van der Waals surface area contributed by atoms with Crippen molar-refractivity contribution in [2.45, 2.75) is 51.4 Å². The fourth-order valence-corrected chi connectivity index (χ4v) is 4.17. The number of hydrogen-bond acceptors (Lipinski definition) is 6. The van der Waals surface area contributed by atoms with Gasteiger partial charge in [-0.25, -0.2) is 13.6 Å². The Hall–Kier alpha value is -3.30. The van der Waals surface area contributed by atoms with Gasteiger partial charge < -0.3 is 18.8 Å². The molecule has 0 bridgehead atoms. The molecule has 2 aromatic carbocycles. The SMILES string of the molecule is COc1cnc(C(F)F)cc1CC1(C)OB(c2ccccc2C(=O)OCc2ccccc2)OC1(C)C. The van der Waals surface area contributed by atoms with Gasteiger partial charge in [-0.3, -0.25) is 4.98 Å². The number of rotatable bonds is 8. The number of pyridine rings is 1. The van der Waals surface area contributed by atoms with E-state index in [4.69, 9.17) is 18.8 Å². The molecule has 36 heavy (non-hydrogen) atoms. The van der Waals surface area contributed by atoms with Crippen LogP contribution < -0.4 is 10.2 Å². The predicted octanol–water partition coefficient (Wildman–Crippen LogP) is 4.91. The first kappa shape index (κ1) is 25.8. The first-order valence-electron chi connectivity index (χ1n) is 11.6. The van der Waals surface area contributed by atoms with E-state index in [1.54, 1.807) is 24.3 Å². The number of halogens is 2. The van der Waals surface area contributed by atoms with Gasteiger partial charge in [0.25, 0.3) is 6.43 Å². The first-order valence-corrected chi connectivity index (χ1v) is 11.6. The number of aromatic nitrogens is 1. The highest BCUT2D eigenvalue weighted by atomic mass is 19.3. The molecule has 0 aliphatic carbocycles. The zero-order valence-corrected chi connectivity index (χ0v) is 20.7. The largest absolute Gasteiger partial charge is 0.495 e. The van der Waals surface area contributed by atoms with E-state index < -0.39 is 30.7 Å². The summed E-state index contributed by atoms with van der Waals surface area (Å²) in [4.78, 5) is 16.7. The van der Waals surface area contributed by atoms with Gasteiger partial charge in [-0.15, -0.1) is 0 Å². The van der Waals surface area contributed by atoms with Crippen molar-refractivity contribution < 1.29 is 32.4 Å². The average Bonchev–Trinajstić information content (AvgIpc) is 3.11. The number of esters is 1. The van der Waals surface area contributed by atoms with E-state index in [-0.39, 0.29) is 18.7 Å². The van der Waals surface area contributed by atoms with Crippen LogP contribution in [0, 0.1) is 0 Å². The van der Waals surface area contributed by atoms with Crippen molar-refractivity contribution in [2.24, 2.45) is 0 Å². The molecule has 0 amide bonds. The smallest absolute Gasteiger partial charge is 0.495 e. The Balaban J connectivity index is 1.58. The lowest BCUT2D eigenvalue weighted by Gasteiger charge is -2.36. The molecule has 0 spiro atoms. The topological polar surface area (TPSA) is 66.9 Å². The summed E-state index contributed by atoms with van der Waals surface area (Å²) >= 11 is 0. The maximum Gasteiger partial charge on any atom is 0.495 e. The molecule has 9 heteroatoms. The van der Waals surface area contributed by atoms with Crippen LogP contribution in [0.5, 0.6) is 5.75 Å². The van der Waals surface area contributed by atoms with Gasteiger partial charge in [-0.05, 0) is 43.9 Å². The van der Waals surface area contributed by atoms with Gasteiger partial charge in [-0.2, -0.15) is 0 Å². The lowest BCUT2D eigenvalue weighted by molar-refractivity contribution is -0.00917. The van der Waals surface area contributed by atoms with Crippen LogP contribution in [-0.2, 0) is 27.1 Å². The molecule has 4 rings (SSSR count). The lowest BCUT2D eigenvalue weighted by Crippen LogP contribution is -2.46. The lowest BCUT2D eigenvalue weighted by atomic mass is 9.76. The summed E-state index contributed by atoms with van der Waals surface area (Å²) in [6.45, 7) is 5.72. The molecule has 188 valence electrons. The second-order valence-electron chi connectivity index (χ2n) is 9.36. The number of ether oxygens (including phenoxy) is 2. The van der Waals surface area contributed by atoms with E-state index in [0.29, 0.717) is 22.3 Å². The number of methoxy groups -OCH3 is 1. The van der Waals surface area contributed by atoms with E-state index >= 15 is 0 Å². The van der Waals surface area contributed by atoms with Crippen molar-refractivity contribution in [1.82, 2.24) is 4.98 Å². The van der Waals surface area contributed by atoms with Crippen molar-refractivity contribution in [3.63, 3.8) is 0 Å². The van der Waals surface area contributed by atoms with Gasteiger partial charge in [-0.1, -0.05) is 48.5 Å². The zero-order valence-electron chi connectivity index (χ0n) is 20.7. The monoisotopic (exact) mass is 495 g/mol. The van der Waals surface area contributed by atoms with Crippen molar-refractivity contribution in [2.75, 3.05) is 7.11 Å². The van der Waals surface area contributed by atoms with Crippen LogP contribution in [-0.4, -0.2) is 36.4 Å². The summed E-state index contributed by atoms with van der Waals surface area (Å²) in [6, 6.07) is 17.7. The number of carbonyl (C=O) groups excluding carboxylic acids is 1. The minimum atomic E-state index is -2.71. The molecule has 1 unspecified atom stereocenters. The Kier molecular flexibility index (Phi) is 7.42. The molecule has 1 fully saturated rings. The Morgan fingerprint density at radius 1 is 1.06 bits per heavy atom. The van der Waals surface area contributed by atoms with Crippen molar-refractivity contribution in [1.29, 1.82) is 0 Å². The minimum absolute atomic E-state index is 0.137. The zero-order chi connectivity index (χ0) is 25.9. The Labute approximate surface area is 209 Å². The molecular formula is C27H28BF2NO5. The number of carbonyl (C=O) groups is 1. The molecule has 1 saturated heterocycles. The number of alkyl halides is 2. The Bertz CT molecular complexity index is 1220. The molecule has 1 aliphatic rings. The van der Waals surface area contributed by atoms with Gasteiger partial charge in [0, 0.05) is 12.0 Å². The van der Waals surface area contributed by atoms with Gasteiger partial charge in [0.1, 0.15) is 18.1 Å². The van der Waals surface area contributed by atoms with Crippen LogP contribution in [0.4, 0.5) is 8.78 Å². The molecule has 0 N–H and O–H groups in total. The van der Waals surface area contributed by atoms with Crippen molar-refractivity contribution >= 4 is 18.6 Å². The maximum atomic E-state index is 13.3. The van der Waals surface area contributed by atoms with Gasteiger partial charge >= 0.3 is 13.1 Å². The summed E-state index contributed by atoms with van der Waals surface area (Å²) in [7, 11) is 0.593. The summed E-state index contributed by atoms with van der Waals surface area (Å²) in [5.41, 5.74) is 0.152. The molecule has 1 aliphatic heterocycles. The van der Waals surface area contributed by atoms with E-state index in [9.17, 15) is 13.6 Å². The molecule has 0 saturated carbocycles. The second-order valence-corrected chi connectivity index (χ2v) is 9.36. The second kappa shape index (κ2) is 10.4. The Morgan fingerprint density at radius 3 is 2.44 bits per heavy atom. The molecule has 2 heterocycles. The highest BCUT2D eigenvalue weighted by Gasteiger charge is 2.55. The average molecular weight is 495 g/mol. The van der Waals surface area contributed by atoms with E-state index in [0.717, 1.165) is 5.56 Å². The van der Waals surface area contributed by atoms with Crippen LogP contribution in [0.25, 0.3) is 0 Å². The van der Waals surface area contributed by atoms with Crippen LogP contribution >= 0.6 is 0 Å². The first-order chi connectivity index (χ1) is 17.1. The predicted molar refractivity (Wildman–Crippen MR) is 131 cm³/mol. The molecule has 0 radical (unpaired) electrons.